The zero-order valence-corrected chi connectivity index (χ0v) is 21.2. The van der Waals surface area contributed by atoms with Gasteiger partial charge in [0.1, 0.15) is 11.6 Å². The van der Waals surface area contributed by atoms with Crippen LogP contribution >= 0.6 is 0 Å². The van der Waals surface area contributed by atoms with Crippen LogP contribution in [0.1, 0.15) is 49.4 Å². The first-order valence-corrected chi connectivity index (χ1v) is 13.4. The van der Waals surface area contributed by atoms with Gasteiger partial charge in [0.15, 0.2) is 0 Å². The van der Waals surface area contributed by atoms with Crippen LogP contribution in [0.3, 0.4) is 0 Å². The first kappa shape index (κ1) is 27.7. The predicted octanol–water partition coefficient (Wildman–Crippen LogP) is 2.91. The van der Waals surface area contributed by atoms with Crippen LogP contribution in [-0.2, 0) is 26.2 Å². The van der Waals surface area contributed by atoms with Crippen molar-refractivity contribution in [3.05, 3.63) is 53.0 Å². The van der Waals surface area contributed by atoms with E-state index < -0.39 is 40.4 Å². The number of aliphatic carboxylic acids is 1. The van der Waals surface area contributed by atoms with Crippen LogP contribution in [0.15, 0.2) is 30.3 Å². The molecule has 1 aromatic carbocycles. The SMILES string of the molecule is CC(C)c1nc2c(c(-c3ccc(F)cc3)c1/C=C/[C@@H](O)C[C@@H](O)CC(=O)O)COCCN2S(C)(=O)=O. The first-order chi connectivity index (χ1) is 16.9. The molecule has 196 valence electrons. The molecule has 0 spiro atoms. The molecule has 0 unspecified atom stereocenters. The van der Waals surface area contributed by atoms with Gasteiger partial charge in [-0.25, -0.2) is 17.8 Å². The molecule has 0 aliphatic carbocycles. The Labute approximate surface area is 209 Å². The highest BCUT2D eigenvalue weighted by Crippen LogP contribution is 2.40. The topological polar surface area (TPSA) is 137 Å². The van der Waals surface area contributed by atoms with Crippen LogP contribution in [0.25, 0.3) is 17.2 Å². The number of ether oxygens (including phenoxy) is 1. The van der Waals surface area contributed by atoms with Gasteiger partial charge in [0, 0.05) is 17.5 Å². The second-order valence-electron chi connectivity index (χ2n) is 9.05. The lowest BCUT2D eigenvalue weighted by Gasteiger charge is -2.26. The average molecular weight is 523 g/mol. The van der Waals surface area contributed by atoms with Crippen molar-refractivity contribution in [2.45, 2.75) is 51.4 Å². The Balaban J connectivity index is 2.23. The average Bonchev–Trinajstić information content (AvgIpc) is 2.99. The van der Waals surface area contributed by atoms with Crippen molar-refractivity contribution in [3.8, 4) is 11.1 Å². The van der Waals surface area contributed by atoms with Gasteiger partial charge in [-0.3, -0.25) is 9.10 Å². The van der Waals surface area contributed by atoms with E-state index in [-0.39, 0.29) is 37.9 Å². The van der Waals surface area contributed by atoms with Crippen LogP contribution in [0, 0.1) is 5.82 Å². The van der Waals surface area contributed by atoms with E-state index in [1.165, 1.54) is 22.5 Å². The number of benzene rings is 1. The Morgan fingerprint density at radius 3 is 2.50 bits per heavy atom. The van der Waals surface area contributed by atoms with Gasteiger partial charge in [-0.05, 0) is 29.2 Å². The van der Waals surface area contributed by atoms with Crippen LogP contribution in [0.4, 0.5) is 10.2 Å². The number of aliphatic hydroxyl groups is 2. The summed E-state index contributed by atoms with van der Waals surface area (Å²) in [6.07, 6.45) is 1.09. The fraction of sp³-hybridized carbons (Fsp3) is 0.440. The summed E-state index contributed by atoms with van der Waals surface area (Å²) in [5.74, 6) is -1.52. The Morgan fingerprint density at radius 2 is 1.92 bits per heavy atom. The standard InChI is InChI=1S/C25H31FN2O7S/c1-15(2)24-20(9-8-18(29)12-19(30)13-22(31)32)23(16-4-6-17(26)7-5-16)21-14-35-11-10-28(25(21)27-24)36(3,33)34/h4-9,15,18-19,29-30H,10-14H2,1-3H3,(H,31,32)/b9-8+/t18-,19-/m1/s1. The zero-order chi connectivity index (χ0) is 26.6. The molecule has 0 fully saturated rings. The number of sulfonamides is 1. The number of carbonyl (C=O) groups is 1. The molecule has 0 amide bonds. The number of nitrogens with zero attached hydrogens (tertiary/aromatic N) is 2. The van der Waals surface area contributed by atoms with Gasteiger partial charge >= 0.3 is 5.97 Å². The Hall–Kier alpha value is -2.86. The second-order valence-corrected chi connectivity index (χ2v) is 11.0. The molecule has 0 saturated heterocycles. The molecule has 11 heteroatoms. The summed E-state index contributed by atoms with van der Waals surface area (Å²) in [7, 11) is -3.68. The van der Waals surface area contributed by atoms with Crippen molar-refractivity contribution >= 4 is 27.9 Å². The molecule has 0 radical (unpaired) electrons. The van der Waals surface area contributed by atoms with Gasteiger partial charge in [-0.2, -0.15) is 0 Å². The maximum absolute atomic E-state index is 13.8. The molecule has 3 rings (SSSR count). The zero-order valence-electron chi connectivity index (χ0n) is 20.4. The first-order valence-electron chi connectivity index (χ1n) is 11.5. The molecule has 2 atom stereocenters. The number of halogens is 1. The highest BCUT2D eigenvalue weighted by molar-refractivity contribution is 7.92. The number of fused-ring (bicyclic) bond motifs is 1. The Kier molecular flexibility index (Phi) is 8.83. The normalized spacial score (nSPS) is 16.1. The van der Waals surface area contributed by atoms with Crippen LogP contribution in [-0.4, -0.2) is 66.3 Å². The molecule has 0 saturated carbocycles. The number of hydrogen-bond acceptors (Lipinski definition) is 7. The maximum Gasteiger partial charge on any atom is 0.305 e. The molecule has 1 aromatic heterocycles. The van der Waals surface area contributed by atoms with Gasteiger partial charge in [0.05, 0.1) is 50.3 Å². The molecule has 36 heavy (non-hydrogen) atoms. The number of hydrogen-bond donors (Lipinski definition) is 3. The quantitative estimate of drug-likeness (QED) is 0.457. The minimum absolute atomic E-state index is 0.0696. The summed E-state index contributed by atoms with van der Waals surface area (Å²) in [6, 6.07) is 5.76. The number of pyridine rings is 1. The van der Waals surface area contributed by atoms with Crippen molar-refractivity contribution in [1.29, 1.82) is 0 Å². The molecule has 2 heterocycles. The van der Waals surface area contributed by atoms with Crippen molar-refractivity contribution < 1.29 is 37.7 Å². The van der Waals surface area contributed by atoms with E-state index in [0.717, 1.165) is 6.26 Å². The monoisotopic (exact) mass is 522 g/mol. The van der Waals surface area contributed by atoms with Gasteiger partial charge in [0.25, 0.3) is 0 Å². The Bertz CT molecular complexity index is 1230. The maximum atomic E-state index is 13.8. The van der Waals surface area contributed by atoms with Gasteiger partial charge in [-0.1, -0.05) is 38.1 Å². The number of aliphatic hydroxyl groups excluding tert-OH is 2. The van der Waals surface area contributed by atoms with Gasteiger partial charge in [0.2, 0.25) is 10.0 Å². The molecule has 0 bridgehead atoms. The smallest absolute Gasteiger partial charge is 0.305 e. The van der Waals surface area contributed by atoms with Crippen molar-refractivity contribution in [3.63, 3.8) is 0 Å². The molecular formula is C25H31FN2O7S. The van der Waals surface area contributed by atoms with Gasteiger partial charge < -0.3 is 20.1 Å². The minimum Gasteiger partial charge on any atom is -0.481 e. The fourth-order valence-corrected chi connectivity index (χ4v) is 5.01. The number of rotatable bonds is 9. The number of carboxylic acid groups (broad SMARTS) is 1. The number of carboxylic acids is 1. The van der Waals surface area contributed by atoms with Crippen molar-refractivity contribution in [2.75, 3.05) is 23.7 Å². The lowest BCUT2D eigenvalue weighted by atomic mass is 9.90. The summed E-state index contributed by atoms with van der Waals surface area (Å²) >= 11 is 0. The van der Waals surface area contributed by atoms with E-state index in [9.17, 15) is 27.8 Å². The Morgan fingerprint density at radius 1 is 1.25 bits per heavy atom. The summed E-state index contributed by atoms with van der Waals surface area (Å²) in [5.41, 5.74) is 2.85. The number of anilines is 1. The molecular weight excluding hydrogens is 491 g/mol. The molecule has 1 aliphatic rings. The largest absolute Gasteiger partial charge is 0.481 e. The van der Waals surface area contributed by atoms with E-state index in [1.807, 2.05) is 13.8 Å². The lowest BCUT2D eigenvalue weighted by molar-refractivity contribution is -0.139. The highest BCUT2D eigenvalue weighted by atomic mass is 32.2. The molecule has 1 aliphatic heterocycles. The second kappa shape index (κ2) is 11.5. The number of aromatic nitrogens is 1. The summed E-state index contributed by atoms with van der Waals surface area (Å²) in [4.78, 5) is 15.6. The van der Waals surface area contributed by atoms with Crippen LogP contribution < -0.4 is 4.31 Å². The highest BCUT2D eigenvalue weighted by Gasteiger charge is 2.30. The van der Waals surface area contributed by atoms with Crippen molar-refractivity contribution in [1.82, 2.24) is 4.98 Å². The van der Waals surface area contributed by atoms with E-state index in [2.05, 4.69) is 0 Å². The summed E-state index contributed by atoms with van der Waals surface area (Å²) < 4.78 is 45.9. The lowest BCUT2D eigenvalue weighted by Crippen LogP contribution is -2.33. The predicted molar refractivity (Wildman–Crippen MR) is 133 cm³/mol. The van der Waals surface area contributed by atoms with Crippen LogP contribution in [0.2, 0.25) is 0 Å². The van der Waals surface area contributed by atoms with E-state index in [1.54, 1.807) is 18.2 Å². The third-order valence-corrected chi connectivity index (χ3v) is 6.91. The van der Waals surface area contributed by atoms with E-state index >= 15 is 0 Å². The third-order valence-electron chi connectivity index (χ3n) is 5.75. The summed E-state index contributed by atoms with van der Waals surface area (Å²) in [5, 5.41) is 29.2. The van der Waals surface area contributed by atoms with Crippen LogP contribution in [0.5, 0.6) is 0 Å². The third kappa shape index (κ3) is 6.67. The van der Waals surface area contributed by atoms with E-state index in [4.69, 9.17) is 14.8 Å². The van der Waals surface area contributed by atoms with Gasteiger partial charge in [-0.15, -0.1) is 0 Å². The molecule has 3 N–H and O–H groups in total. The molecule has 9 nitrogen and oxygen atoms in total. The fourth-order valence-electron chi connectivity index (χ4n) is 4.14. The van der Waals surface area contributed by atoms with E-state index in [0.29, 0.717) is 27.9 Å². The minimum atomic E-state index is -3.68. The summed E-state index contributed by atoms with van der Waals surface area (Å²) in [6.45, 7) is 4.11. The molecule has 2 aromatic rings. The van der Waals surface area contributed by atoms with Crippen molar-refractivity contribution in [2.24, 2.45) is 0 Å².